The number of aromatic nitrogens is 5. The molecule has 0 spiro atoms. The number of halogens is 5. The number of aliphatic hydroxyl groups is 2. The Bertz CT molecular complexity index is 2600. The van der Waals surface area contributed by atoms with Gasteiger partial charge in [-0.15, -0.1) is 0 Å². The zero-order valence-corrected chi connectivity index (χ0v) is 37.4. The van der Waals surface area contributed by atoms with Crippen LogP contribution in [0.5, 0.6) is 5.75 Å². The molecule has 0 bridgehead atoms. The molecular weight excluding hydrogens is 874 g/mol. The highest BCUT2D eigenvalue weighted by atomic mass is 19.3. The van der Waals surface area contributed by atoms with E-state index in [4.69, 9.17) is 9.47 Å². The van der Waals surface area contributed by atoms with Gasteiger partial charge in [0, 0.05) is 48.4 Å². The van der Waals surface area contributed by atoms with E-state index in [2.05, 4.69) is 35.3 Å². The second-order valence-corrected chi connectivity index (χ2v) is 17.9. The SMILES string of the molecule is CCC1Oc2cc(-c3cnc(C4CC(F)(F)CN4C(O)C(NC(=O)OC)C(C)C)[nH]3)c(F)cc2-c2cc3cc(-c4cnc(C5CC(F)(F)CN5C(=O)C(NC(O)OC)C(C)C)[nH]4)ccc3n21. The number of benzene rings is 2. The molecule has 2 amide bonds. The van der Waals surface area contributed by atoms with Crippen molar-refractivity contribution in [1.82, 2.24) is 44.9 Å². The molecule has 3 aromatic heterocycles. The Morgan fingerprint density at radius 3 is 2.24 bits per heavy atom. The first-order chi connectivity index (χ1) is 31.2. The lowest BCUT2D eigenvalue weighted by Gasteiger charge is -2.35. The number of ether oxygens (including phenoxy) is 3. The van der Waals surface area contributed by atoms with E-state index in [1.807, 2.05) is 35.8 Å². The smallest absolute Gasteiger partial charge is 0.407 e. The van der Waals surface area contributed by atoms with E-state index in [0.29, 0.717) is 34.7 Å². The van der Waals surface area contributed by atoms with E-state index in [9.17, 15) is 28.6 Å². The molecule has 356 valence electrons. The summed E-state index contributed by atoms with van der Waals surface area (Å²) < 4.78 is 94.3. The van der Waals surface area contributed by atoms with Crippen molar-refractivity contribution >= 4 is 22.9 Å². The molecular formula is C45H54F5N9O7. The Labute approximate surface area is 376 Å². The molecule has 2 saturated heterocycles. The number of carbonyl (C=O) groups is 2. The Hall–Kier alpha value is -5.61. The van der Waals surface area contributed by atoms with Gasteiger partial charge in [0.25, 0.3) is 11.8 Å². The Morgan fingerprint density at radius 1 is 0.909 bits per heavy atom. The number of aromatic amines is 2. The van der Waals surface area contributed by atoms with Crippen LogP contribution in [0.25, 0.3) is 44.7 Å². The molecule has 66 heavy (non-hydrogen) atoms. The van der Waals surface area contributed by atoms with Gasteiger partial charge < -0.3 is 49.2 Å². The van der Waals surface area contributed by atoms with Gasteiger partial charge in [-0.25, -0.2) is 36.7 Å². The number of hydrogen-bond acceptors (Lipinski definition) is 11. The second-order valence-electron chi connectivity index (χ2n) is 17.9. The normalized spacial score (nSPS) is 22.0. The van der Waals surface area contributed by atoms with Crippen molar-refractivity contribution < 1.29 is 56.0 Å². The summed E-state index contributed by atoms with van der Waals surface area (Å²) in [6.07, 6.45) is -2.28. The van der Waals surface area contributed by atoms with Gasteiger partial charge in [0.05, 0.1) is 79.4 Å². The van der Waals surface area contributed by atoms with Crippen LogP contribution >= 0.6 is 0 Å². The third kappa shape index (κ3) is 8.85. The van der Waals surface area contributed by atoms with Gasteiger partial charge in [0.1, 0.15) is 29.4 Å². The molecule has 6 heterocycles. The third-order valence-electron chi connectivity index (χ3n) is 12.7. The molecule has 7 unspecified atom stereocenters. The fourth-order valence-electron chi connectivity index (χ4n) is 9.34. The average Bonchev–Trinajstić information content (AvgIpc) is 4.12. The van der Waals surface area contributed by atoms with Gasteiger partial charge in [-0.2, -0.15) is 0 Å². The highest BCUT2D eigenvalue weighted by molar-refractivity contribution is 5.92. The van der Waals surface area contributed by atoms with Crippen LogP contribution in [-0.2, 0) is 14.3 Å². The number of alkyl carbamates (subject to hydrolysis) is 1. The zero-order chi connectivity index (χ0) is 47.6. The summed E-state index contributed by atoms with van der Waals surface area (Å²) in [5.41, 5.74) is 3.39. The number of nitrogens with one attached hydrogen (secondary N) is 4. The summed E-state index contributed by atoms with van der Waals surface area (Å²) in [6.45, 7) is 7.22. The summed E-state index contributed by atoms with van der Waals surface area (Å²) in [5, 5.41) is 27.3. The summed E-state index contributed by atoms with van der Waals surface area (Å²) in [5.74, 6) is -7.74. The largest absolute Gasteiger partial charge is 0.469 e. The first kappa shape index (κ1) is 46.9. The monoisotopic (exact) mass is 927 g/mol. The highest BCUT2D eigenvalue weighted by Crippen LogP contribution is 2.47. The number of nitrogens with zero attached hydrogens (tertiary/aromatic N) is 5. The molecule has 7 atom stereocenters. The van der Waals surface area contributed by atoms with Crippen LogP contribution in [0, 0.1) is 17.7 Å². The van der Waals surface area contributed by atoms with E-state index in [1.165, 1.54) is 36.5 Å². The van der Waals surface area contributed by atoms with Crippen molar-refractivity contribution in [2.75, 3.05) is 27.3 Å². The number of H-pyrrole nitrogens is 2. The van der Waals surface area contributed by atoms with E-state index < -0.39 is 98.6 Å². The molecule has 6 N–H and O–H groups in total. The predicted octanol–water partition coefficient (Wildman–Crippen LogP) is 7.05. The number of likely N-dealkylation sites (tertiary alicyclic amines) is 2. The summed E-state index contributed by atoms with van der Waals surface area (Å²) >= 11 is 0. The Balaban J connectivity index is 1.07. The number of fused-ring (bicyclic) bond motifs is 5. The van der Waals surface area contributed by atoms with E-state index in [0.717, 1.165) is 22.9 Å². The topological polar surface area (TPSA) is 195 Å². The van der Waals surface area contributed by atoms with Gasteiger partial charge in [-0.3, -0.25) is 15.0 Å². The van der Waals surface area contributed by atoms with Crippen molar-refractivity contribution in [1.29, 1.82) is 0 Å². The molecule has 0 aliphatic carbocycles. The number of aliphatic hydroxyl groups excluding tert-OH is 2. The van der Waals surface area contributed by atoms with E-state index >= 15 is 13.2 Å². The van der Waals surface area contributed by atoms with Gasteiger partial charge >= 0.3 is 6.09 Å². The minimum absolute atomic E-state index is 0.0781. The molecule has 5 aromatic rings. The quantitative estimate of drug-likeness (QED) is 0.0494. The minimum atomic E-state index is -3.20. The van der Waals surface area contributed by atoms with Gasteiger partial charge in [-0.1, -0.05) is 40.7 Å². The number of rotatable bonds is 14. The summed E-state index contributed by atoms with van der Waals surface area (Å²) in [7, 11) is 2.41. The molecule has 2 aromatic carbocycles. The fourth-order valence-corrected chi connectivity index (χ4v) is 9.34. The van der Waals surface area contributed by atoms with Crippen LogP contribution in [-0.4, -0.2) is 120 Å². The Morgan fingerprint density at radius 2 is 1.58 bits per heavy atom. The van der Waals surface area contributed by atoms with Crippen molar-refractivity contribution in [3.8, 4) is 39.5 Å². The predicted molar refractivity (Wildman–Crippen MR) is 230 cm³/mol. The van der Waals surface area contributed by atoms with Crippen LogP contribution in [0.15, 0.2) is 48.8 Å². The van der Waals surface area contributed by atoms with Crippen molar-refractivity contribution in [2.24, 2.45) is 11.8 Å². The molecule has 0 saturated carbocycles. The van der Waals surface area contributed by atoms with Gasteiger partial charge in [-0.05, 0) is 42.2 Å². The number of amides is 2. The first-order valence-electron chi connectivity index (χ1n) is 21.8. The van der Waals surface area contributed by atoms with E-state index in [1.54, 1.807) is 27.7 Å². The highest BCUT2D eigenvalue weighted by Gasteiger charge is 2.52. The van der Waals surface area contributed by atoms with Crippen LogP contribution in [0.2, 0.25) is 0 Å². The second kappa shape index (κ2) is 17.9. The number of hydrogen-bond donors (Lipinski definition) is 6. The molecule has 21 heteroatoms. The lowest BCUT2D eigenvalue weighted by Crippen LogP contribution is -2.54. The number of methoxy groups -OCH3 is 2. The summed E-state index contributed by atoms with van der Waals surface area (Å²) in [6, 6.07) is 6.24. The maximum atomic E-state index is 16.3. The maximum absolute atomic E-state index is 16.3. The van der Waals surface area contributed by atoms with Crippen molar-refractivity contribution in [3.05, 3.63) is 66.3 Å². The lowest BCUT2D eigenvalue weighted by atomic mass is 10.0. The van der Waals surface area contributed by atoms with Crippen LogP contribution in [0.4, 0.5) is 26.7 Å². The van der Waals surface area contributed by atoms with Crippen LogP contribution in [0.1, 0.15) is 83.8 Å². The lowest BCUT2D eigenvalue weighted by molar-refractivity contribution is -0.146. The fraction of sp³-hybridized carbons (Fsp3) is 0.511. The minimum Gasteiger partial charge on any atom is -0.469 e. The molecule has 0 radical (unpaired) electrons. The van der Waals surface area contributed by atoms with Gasteiger partial charge in [0.2, 0.25) is 12.3 Å². The average molecular weight is 928 g/mol. The molecule has 2 fully saturated rings. The third-order valence-corrected chi connectivity index (χ3v) is 12.7. The van der Waals surface area contributed by atoms with E-state index in [-0.39, 0.29) is 34.7 Å². The molecule has 16 nitrogen and oxygen atoms in total. The first-order valence-corrected chi connectivity index (χ1v) is 21.8. The van der Waals surface area contributed by atoms with Gasteiger partial charge in [0.15, 0.2) is 6.23 Å². The molecule has 3 aliphatic rings. The van der Waals surface area contributed by atoms with Crippen LogP contribution < -0.4 is 15.4 Å². The number of alkyl halides is 4. The van der Waals surface area contributed by atoms with Crippen molar-refractivity contribution in [2.45, 2.75) is 109 Å². The van der Waals surface area contributed by atoms with Crippen LogP contribution in [0.3, 0.4) is 0 Å². The van der Waals surface area contributed by atoms with Crippen molar-refractivity contribution in [3.63, 3.8) is 0 Å². The summed E-state index contributed by atoms with van der Waals surface area (Å²) in [4.78, 5) is 43.0. The zero-order valence-electron chi connectivity index (χ0n) is 37.4. The molecule has 3 aliphatic heterocycles. The number of carbonyl (C=O) groups excluding carboxylic acids is 2. The maximum Gasteiger partial charge on any atom is 0.407 e. The number of imidazole rings is 2. The molecule has 8 rings (SSSR count). The Kier molecular flexibility index (Phi) is 12.7. The standard InChI is InChI=1S/C45H54F5N9O7/c1-8-35-59-30-10-9-23(28-17-51-38(53-28)32-15-44(47,48)19-57(32)40(60)36(21(2)3)55-42(62)64-6)11-24(30)12-31(59)26-13-27(46)25(14-34(26)66-35)29-18-52-39(54-29)33-16-45(49,50)20-58(33)41(61)37(22(4)5)56-43(63)65-7/h9-14,17-18,21-22,32-33,35-37,41-42,55,61-62H,8,15-16,19-20H2,1-7H3,(H,51,53)(H,52,54)(H,56,63).